The zero-order valence-electron chi connectivity index (χ0n) is 16.9. The molecule has 0 aliphatic carbocycles. The van der Waals surface area contributed by atoms with E-state index in [1.54, 1.807) is 7.11 Å². The van der Waals surface area contributed by atoms with E-state index in [0.717, 1.165) is 36.9 Å². The molecule has 0 spiro atoms. The van der Waals surface area contributed by atoms with Crippen molar-refractivity contribution in [2.45, 2.75) is 56.7 Å². The number of unbranched alkanes of at least 4 members (excludes halogenated alkanes) is 1. The molecule has 1 aromatic carbocycles. The number of methoxy groups -OCH3 is 1. The van der Waals surface area contributed by atoms with Crippen molar-refractivity contribution < 1.29 is 9.53 Å². The summed E-state index contributed by atoms with van der Waals surface area (Å²) in [5.74, 6) is 2.39. The number of carbonyl (C=O) groups is 1. The Morgan fingerprint density at radius 2 is 2.22 bits per heavy atom. The molecule has 1 aromatic rings. The Labute approximate surface area is 172 Å². The minimum atomic E-state index is 0.201. The topological polar surface area (TPSA) is 41.6 Å². The van der Waals surface area contributed by atoms with Crippen LogP contribution >= 0.6 is 21.6 Å². The lowest BCUT2D eigenvalue weighted by molar-refractivity contribution is -0.121. The summed E-state index contributed by atoms with van der Waals surface area (Å²) < 4.78 is 5.31. The van der Waals surface area contributed by atoms with E-state index in [1.165, 1.54) is 30.6 Å². The average molecular weight is 411 g/mol. The summed E-state index contributed by atoms with van der Waals surface area (Å²) >= 11 is 0. The van der Waals surface area contributed by atoms with Crippen LogP contribution in [-0.4, -0.2) is 49.1 Å². The summed E-state index contributed by atoms with van der Waals surface area (Å²) in [6.45, 7) is 3.91. The number of amides is 1. The van der Waals surface area contributed by atoms with Crippen LogP contribution in [0.4, 0.5) is 0 Å². The molecule has 0 bridgehead atoms. The summed E-state index contributed by atoms with van der Waals surface area (Å²) in [6.07, 6.45) is 6.42. The molecular weight excluding hydrogens is 376 g/mol. The highest BCUT2D eigenvalue weighted by molar-refractivity contribution is 8.77. The Morgan fingerprint density at radius 1 is 1.37 bits per heavy atom. The lowest BCUT2D eigenvalue weighted by atomic mass is 10.1. The molecule has 1 fully saturated rings. The Morgan fingerprint density at radius 3 is 2.96 bits per heavy atom. The van der Waals surface area contributed by atoms with E-state index >= 15 is 0 Å². The standard InChI is InChI=1S/C21H34N2O2S2/c1-17(18-8-6-9-19(16-18)25-3)23(2)14-7-13-22-21(24)11-5-4-10-20-12-15-26-27-20/h6,8-9,16-17,20H,4-5,7,10-15H2,1-3H3,(H,22,24). The largest absolute Gasteiger partial charge is 0.497 e. The van der Waals surface area contributed by atoms with Gasteiger partial charge in [0.15, 0.2) is 0 Å². The van der Waals surface area contributed by atoms with Crippen molar-refractivity contribution in [2.24, 2.45) is 0 Å². The first-order chi connectivity index (χ1) is 13.1. The van der Waals surface area contributed by atoms with Crippen molar-refractivity contribution in [3.05, 3.63) is 29.8 Å². The molecule has 2 unspecified atom stereocenters. The molecule has 1 heterocycles. The van der Waals surface area contributed by atoms with Crippen LogP contribution in [0.25, 0.3) is 0 Å². The second kappa shape index (κ2) is 12.6. The maximum absolute atomic E-state index is 12.0. The van der Waals surface area contributed by atoms with Crippen LogP contribution in [0.1, 0.15) is 57.1 Å². The Bertz CT molecular complexity index is 565. The SMILES string of the molecule is COc1cccc(C(C)N(C)CCCNC(=O)CCCCC2CCSS2)c1. The van der Waals surface area contributed by atoms with Gasteiger partial charge in [0.2, 0.25) is 5.91 Å². The third-order valence-corrected chi connectivity index (χ3v) is 8.16. The molecule has 0 radical (unpaired) electrons. The highest BCUT2D eigenvalue weighted by Gasteiger charge is 2.16. The molecule has 2 rings (SSSR count). The Balaban J connectivity index is 1.54. The van der Waals surface area contributed by atoms with E-state index < -0.39 is 0 Å². The molecule has 0 saturated carbocycles. The second-order valence-corrected chi connectivity index (χ2v) is 10.00. The van der Waals surface area contributed by atoms with Crippen molar-refractivity contribution in [1.29, 1.82) is 0 Å². The fraction of sp³-hybridized carbons (Fsp3) is 0.667. The first-order valence-corrected chi connectivity index (χ1v) is 12.4. The Hall–Kier alpha value is -0.850. The van der Waals surface area contributed by atoms with E-state index in [1.807, 2.05) is 33.7 Å². The lowest BCUT2D eigenvalue weighted by Gasteiger charge is -2.25. The summed E-state index contributed by atoms with van der Waals surface area (Å²) in [7, 11) is 7.85. The van der Waals surface area contributed by atoms with E-state index in [9.17, 15) is 4.79 Å². The first kappa shape index (κ1) is 22.4. The number of carbonyl (C=O) groups excluding carboxylic acids is 1. The van der Waals surface area contributed by atoms with Crippen LogP contribution in [0.2, 0.25) is 0 Å². The van der Waals surface area contributed by atoms with Gasteiger partial charge in [-0.15, -0.1) is 0 Å². The Kier molecular flexibility index (Phi) is 10.5. The number of rotatable bonds is 12. The van der Waals surface area contributed by atoms with Crippen molar-refractivity contribution >= 4 is 27.5 Å². The number of benzene rings is 1. The van der Waals surface area contributed by atoms with Crippen LogP contribution in [0.5, 0.6) is 5.75 Å². The van der Waals surface area contributed by atoms with Gasteiger partial charge >= 0.3 is 0 Å². The third kappa shape index (κ3) is 8.36. The second-order valence-electron chi connectivity index (χ2n) is 7.21. The van der Waals surface area contributed by atoms with Gasteiger partial charge in [0.05, 0.1) is 7.11 Å². The van der Waals surface area contributed by atoms with Gasteiger partial charge in [0.25, 0.3) is 0 Å². The highest BCUT2D eigenvalue weighted by Crippen LogP contribution is 2.39. The lowest BCUT2D eigenvalue weighted by Crippen LogP contribution is -2.29. The number of hydrogen-bond acceptors (Lipinski definition) is 5. The van der Waals surface area contributed by atoms with Crippen molar-refractivity contribution in [2.75, 3.05) is 33.0 Å². The molecule has 1 aliphatic heterocycles. The fourth-order valence-electron chi connectivity index (χ4n) is 3.22. The van der Waals surface area contributed by atoms with E-state index in [4.69, 9.17) is 4.74 Å². The minimum Gasteiger partial charge on any atom is -0.497 e. The highest BCUT2D eigenvalue weighted by atomic mass is 33.1. The zero-order valence-corrected chi connectivity index (χ0v) is 18.5. The molecule has 4 nitrogen and oxygen atoms in total. The molecule has 1 aliphatic rings. The predicted molar refractivity (Wildman–Crippen MR) is 119 cm³/mol. The summed E-state index contributed by atoms with van der Waals surface area (Å²) in [4.78, 5) is 14.3. The molecule has 6 heteroatoms. The number of nitrogens with zero attached hydrogens (tertiary/aromatic N) is 1. The van der Waals surface area contributed by atoms with Crippen LogP contribution in [-0.2, 0) is 4.79 Å². The molecule has 1 saturated heterocycles. The van der Waals surface area contributed by atoms with Crippen LogP contribution < -0.4 is 10.1 Å². The summed E-state index contributed by atoms with van der Waals surface area (Å²) in [5.41, 5.74) is 1.25. The van der Waals surface area contributed by atoms with Gasteiger partial charge in [-0.05, 0) is 57.4 Å². The molecular formula is C21H34N2O2S2. The van der Waals surface area contributed by atoms with Gasteiger partial charge in [-0.3, -0.25) is 9.69 Å². The average Bonchev–Trinajstić information content (AvgIpc) is 3.21. The smallest absolute Gasteiger partial charge is 0.219 e. The zero-order chi connectivity index (χ0) is 19.5. The van der Waals surface area contributed by atoms with E-state index in [2.05, 4.69) is 36.3 Å². The van der Waals surface area contributed by atoms with Crippen molar-refractivity contribution in [3.63, 3.8) is 0 Å². The number of ether oxygens (including phenoxy) is 1. The first-order valence-electron chi connectivity index (χ1n) is 9.99. The predicted octanol–water partition coefficient (Wildman–Crippen LogP) is 4.91. The van der Waals surface area contributed by atoms with Crippen molar-refractivity contribution in [3.8, 4) is 5.75 Å². The van der Waals surface area contributed by atoms with E-state index in [-0.39, 0.29) is 5.91 Å². The quantitative estimate of drug-likeness (QED) is 0.392. The summed E-state index contributed by atoms with van der Waals surface area (Å²) in [6, 6.07) is 8.54. The molecule has 2 atom stereocenters. The minimum absolute atomic E-state index is 0.201. The maximum atomic E-state index is 12.0. The number of nitrogens with one attached hydrogen (secondary N) is 1. The summed E-state index contributed by atoms with van der Waals surface area (Å²) in [5, 5.41) is 3.89. The van der Waals surface area contributed by atoms with Crippen molar-refractivity contribution in [1.82, 2.24) is 10.2 Å². The van der Waals surface area contributed by atoms with Gasteiger partial charge in [-0.25, -0.2) is 0 Å². The molecule has 1 amide bonds. The molecule has 27 heavy (non-hydrogen) atoms. The third-order valence-electron chi connectivity index (χ3n) is 5.15. The number of hydrogen-bond donors (Lipinski definition) is 1. The monoisotopic (exact) mass is 410 g/mol. The van der Waals surface area contributed by atoms with Gasteiger partial charge in [0, 0.05) is 36.6 Å². The molecule has 152 valence electrons. The molecule has 0 aromatic heterocycles. The van der Waals surface area contributed by atoms with Crippen LogP contribution in [0.15, 0.2) is 24.3 Å². The van der Waals surface area contributed by atoms with Gasteiger partial charge in [0.1, 0.15) is 5.75 Å². The van der Waals surface area contributed by atoms with Crippen LogP contribution in [0, 0.1) is 0 Å². The fourth-order valence-corrected chi connectivity index (χ4v) is 6.24. The van der Waals surface area contributed by atoms with Gasteiger partial charge < -0.3 is 10.1 Å². The van der Waals surface area contributed by atoms with Gasteiger partial charge in [-0.2, -0.15) is 0 Å². The maximum Gasteiger partial charge on any atom is 0.219 e. The molecule has 1 N–H and O–H groups in total. The van der Waals surface area contributed by atoms with E-state index in [0.29, 0.717) is 12.5 Å². The van der Waals surface area contributed by atoms with Gasteiger partial charge in [-0.1, -0.05) is 40.1 Å². The normalized spacial score (nSPS) is 17.9. The van der Waals surface area contributed by atoms with Crippen LogP contribution in [0.3, 0.4) is 0 Å².